The van der Waals surface area contributed by atoms with E-state index in [1.807, 2.05) is 42.5 Å². The zero-order valence-electron chi connectivity index (χ0n) is 11.4. The van der Waals surface area contributed by atoms with Crippen LogP contribution < -0.4 is 5.32 Å². The van der Waals surface area contributed by atoms with Gasteiger partial charge in [0.2, 0.25) is 0 Å². The molecule has 0 aliphatic carbocycles. The highest BCUT2D eigenvalue weighted by atomic mass is 16.2. The van der Waals surface area contributed by atoms with Crippen LogP contribution in [0.15, 0.2) is 54.9 Å². The monoisotopic (exact) mass is 279 g/mol. The molecule has 1 N–H and O–H groups in total. The minimum Gasteiger partial charge on any atom is -0.321 e. The molecule has 0 unspecified atom stereocenters. The Labute approximate surface area is 121 Å². The Morgan fingerprint density at radius 3 is 2.57 bits per heavy atom. The van der Waals surface area contributed by atoms with Crippen LogP contribution in [0.3, 0.4) is 0 Å². The van der Waals surface area contributed by atoms with Crippen molar-refractivity contribution in [3.05, 3.63) is 60.6 Å². The molecule has 0 spiro atoms. The molecule has 2 heterocycles. The van der Waals surface area contributed by atoms with Crippen LogP contribution in [0.25, 0.3) is 11.3 Å². The van der Waals surface area contributed by atoms with Gasteiger partial charge in [-0.1, -0.05) is 23.4 Å². The SMILES string of the molecule is Cn1cc(C(=O)Nc2ccc(-c3ccccn3)cc2)nn1. The molecule has 0 fully saturated rings. The van der Waals surface area contributed by atoms with Crippen molar-refractivity contribution in [3.63, 3.8) is 0 Å². The van der Waals surface area contributed by atoms with E-state index in [2.05, 4.69) is 20.6 Å². The number of nitrogens with zero attached hydrogens (tertiary/aromatic N) is 4. The summed E-state index contributed by atoms with van der Waals surface area (Å²) < 4.78 is 1.49. The molecule has 6 nitrogen and oxygen atoms in total. The number of pyridine rings is 1. The van der Waals surface area contributed by atoms with E-state index in [1.54, 1.807) is 19.4 Å². The van der Waals surface area contributed by atoms with E-state index in [9.17, 15) is 4.79 Å². The predicted molar refractivity (Wildman–Crippen MR) is 78.6 cm³/mol. The van der Waals surface area contributed by atoms with Gasteiger partial charge in [-0.3, -0.25) is 14.5 Å². The van der Waals surface area contributed by atoms with Crippen LogP contribution in [-0.2, 0) is 7.05 Å². The topological polar surface area (TPSA) is 72.7 Å². The summed E-state index contributed by atoms with van der Waals surface area (Å²) in [4.78, 5) is 16.2. The first-order valence-electron chi connectivity index (χ1n) is 6.41. The fourth-order valence-electron chi connectivity index (χ4n) is 1.90. The lowest BCUT2D eigenvalue weighted by Crippen LogP contribution is -2.12. The van der Waals surface area contributed by atoms with Crippen molar-refractivity contribution >= 4 is 11.6 Å². The summed E-state index contributed by atoms with van der Waals surface area (Å²) in [5.74, 6) is -0.284. The molecule has 1 amide bonds. The molecule has 0 atom stereocenters. The third-order valence-electron chi connectivity index (χ3n) is 2.94. The van der Waals surface area contributed by atoms with Crippen molar-refractivity contribution in [2.75, 3.05) is 5.32 Å². The first-order chi connectivity index (χ1) is 10.2. The number of rotatable bonds is 3. The minimum absolute atomic E-state index is 0.284. The Bertz CT molecular complexity index is 749. The van der Waals surface area contributed by atoms with Crippen LogP contribution in [0.1, 0.15) is 10.5 Å². The van der Waals surface area contributed by atoms with Crippen LogP contribution in [0.5, 0.6) is 0 Å². The Kier molecular flexibility index (Phi) is 3.42. The van der Waals surface area contributed by atoms with Crippen LogP contribution in [0.4, 0.5) is 5.69 Å². The molecule has 1 aromatic carbocycles. The van der Waals surface area contributed by atoms with Crippen LogP contribution >= 0.6 is 0 Å². The number of amides is 1. The Hall–Kier alpha value is -3.02. The smallest absolute Gasteiger partial charge is 0.277 e. The molecule has 0 aliphatic rings. The molecule has 3 rings (SSSR count). The van der Waals surface area contributed by atoms with Gasteiger partial charge in [0, 0.05) is 24.5 Å². The van der Waals surface area contributed by atoms with E-state index in [1.165, 1.54) is 4.68 Å². The summed E-state index contributed by atoms with van der Waals surface area (Å²) in [5.41, 5.74) is 2.87. The van der Waals surface area contributed by atoms with E-state index in [4.69, 9.17) is 0 Å². The zero-order chi connectivity index (χ0) is 14.7. The fourth-order valence-corrected chi connectivity index (χ4v) is 1.90. The molecule has 0 bridgehead atoms. The number of hydrogen-bond donors (Lipinski definition) is 1. The normalized spacial score (nSPS) is 10.3. The molecule has 2 aromatic heterocycles. The molecule has 0 saturated carbocycles. The third kappa shape index (κ3) is 2.94. The number of anilines is 1. The van der Waals surface area contributed by atoms with E-state index in [0.29, 0.717) is 5.69 Å². The summed E-state index contributed by atoms with van der Waals surface area (Å²) in [6.07, 6.45) is 3.32. The maximum atomic E-state index is 11.9. The second-order valence-electron chi connectivity index (χ2n) is 4.52. The first kappa shape index (κ1) is 13.0. The van der Waals surface area contributed by atoms with Gasteiger partial charge in [0.05, 0.1) is 11.9 Å². The predicted octanol–water partition coefficient (Wildman–Crippen LogP) is 2.13. The number of aromatic nitrogens is 4. The highest BCUT2D eigenvalue weighted by molar-refractivity contribution is 6.02. The number of aryl methyl sites for hydroxylation is 1. The van der Waals surface area contributed by atoms with Gasteiger partial charge in [0.25, 0.3) is 5.91 Å². The third-order valence-corrected chi connectivity index (χ3v) is 2.94. The lowest BCUT2D eigenvalue weighted by molar-refractivity contribution is 0.102. The van der Waals surface area contributed by atoms with Gasteiger partial charge in [-0.15, -0.1) is 5.10 Å². The van der Waals surface area contributed by atoms with Crippen LogP contribution in [0.2, 0.25) is 0 Å². The van der Waals surface area contributed by atoms with Crippen molar-refractivity contribution in [1.82, 2.24) is 20.0 Å². The van der Waals surface area contributed by atoms with Gasteiger partial charge >= 0.3 is 0 Å². The first-order valence-corrected chi connectivity index (χ1v) is 6.41. The van der Waals surface area contributed by atoms with Crippen LogP contribution in [-0.4, -0.2) is 25.9 Å². The Morgan fingerprint density at radius 1 is 1.14 bits per heavy atom. The van der Waals surface area contributed by atoms with Gasteiger partial charge in [-0.25, -0.2) is 0 Å². The summed E-state index contributed by atoms with van der Waals surface area (Å²) >= 11 is 0. The van der Waals surface area contributed by atoms with Gasteiger partial charge in [-0.2, -0.15) is 0 Å². The van der Waals surface area contributed by atoms with E-state index in [-0.39, 0.29) is 11.6 Å². The molecule has 6 heteroatoms. The maximum Gasteiger partial charge on any atom is 0.277 e. The number of carbonyl (C=O) groups is 1. The Morgan fingerprint density at radius 2 is 1.95 bits per heavy atom. The highest BCUT2D eigenvalue weighted by Gasteiger charge is 2.10. The molecule has 0 saturated heterocycles. The standard InChI is InChI=1S/C15H13N5O/c1-20-10-14(18-19-20)15(21)17-12-7-5-11(6-8-12)13-4-2-3-9-16-13/h2-10H,1H3,(H,17,21). The lowest BCUT2D eigenvalue weighted by atomic mass is 10.1. The molecule has 104 valence electrons. The molecular weight excluding hydrogens is 266 g/mol. The largest absolute Gasteiger partial charge is 0.321 e. The summed E-state index contributed by atoms with van der Waals surface area (Å²) in [6.45, 7) is 0. The van der Waals surface area contributed by atoms with Gasteiger partial charge in [-0.05, 0) is 24.3 Å². The van der Waals surface area contributed by atoms with Gasteiger partial charge in [0.1, 0.15) is 0 Å². The average Bonchev–Trinajstić information content (AvgIpc) is 2.96. The van der Waals surface area contributed by atoms with Crippen LogP contribution in [0, 0.1) is 0 Å². The second kappa shape index (κ2) is 5.54. The van der Waals surface area contributed by atoms with Gasteiger partial charge in [0.15, 0.2) is 5.69 Å². The van der Waals surface area contributed by atoms with Crippen molar-refractivity contribution in [1.29, 1.82) is 0 Å². The van der Waals surface area contributed by atoms with Crippen molar-refractivity contribution < 1.29 is 4.79 Å². The summed E-state index contributed by atoms with van der Waals surface area (Å²) in [7, 11) is 1.71. The zero-order valence-corrected chi connectivity index (χ0v) is 11.4. The maximum absolute atomic E-state index is 11.9. The molecule has 0 aliphatic heterocycles. The van der Waals surface area contributed by atoms with E-state index in [0.717, 1.165) is 11.3 Å². The lowest BCUT2D eigenvalue weighted by Gasteiger charge is -2.04. The number of hydrogen-bond acceptors (Lipinski definition) is 4. The van der Waals surface area contributed by atoms with Crippen molar-refractivity contribution in [3.8, 4) is 11.3 Å². The molecule has 3 aromatic rings. The quantitative estimate of drug-likeness (QED) is 0.797. The molecule has 0 radical (unpaired) electrons. The van der Waals surface area contributed by atoms with Crippen molar-refractivity contribution in [2.45, 2.75) is 0 Å². The fraction of sp³-hybridized carbons (Fsp3) is 0.0667. The Balaban J connectivity index is 1.74. The number of carbonyl (C=O) groups excluding carboxylic acids is 1. The second-order valence-corrected chi connectivity index (χ2v) is 4.52. The molecular formula is C15H13N5O. The number of benzene rings is 1. The van der Waals surface area contributed by atoms with Gasteiger partial charge < -0.3 is 5.32 Å². The summed E-state index contributed by atoms with van der Waals surface area (Å²) in [6, 6.07) is 13.2. The number of nitrogens with one attached hydrogen (secondary N) is 1. The molecule has 21 heavy (non-hydrogen) atoms. The summed E-state index contributed by atoms with van der Waals surface area (Å²) in [5, 5.41) is 10.3. The van der Waals surface area contributed by atoms with E-state index < -0.39 is 0 Å². The highest BCUT2D eigenvalue weighted by Crippen LogP contribution is 2.19. The average molecular weight is 279 g/mol. The van der Waals surface area contributed by atoms with Crippen molar-refractivity contribution in [2.24, 2.45) is 7.05 Å². The minimum atomic E-state index is -0.284. The van der Waals surface area contributed by atoms with E-state index >= 15 is 0 Å².